The van der Waals surface area contributed by atoms with Crippen LogP contribution in [0.5, 0.6) is 0 Å². The van der Waals surface area contributed by atoms with Gasteiger partial charge in [-0.2, -0.15) is 0 Å². The summed E-state index contributed by atoms with van der Waals surface area (Å²) in [6.07, 6.45) is 4.01. The van der Waals surface area contributed by atoms with E-state index >= 15 is 0 Å². The lowest BCUT2D eigenvalue weighted by Gasteiger charge is -2.10. The third kappa shape index (κ3) is 4.18. The molecule has 0 spiro atoms. The highest BCUT2D eigenvalue weighted by atomic mass is 14.7. The molecule has 0 amide bonds. The van der Waals surface area contributed by atoms with Gasteiger partial charge >= 0.3 is 0 Å². The van der Waals surface area contributed by atoms with Gasteiger partial charge in [0, 0.05) is 11.4 Å². The molecule has 1 aromatic rings. The predicted octanol–water partition coefficient (Wildman–Crippen LogP) is 4.12. The maximum atomic E-state index is 4.71. The minimum atomic E-state index is 0.652. The third-order valence-electron chi connectivity index (χ3n) is 2.42. The molecule has 0 N–H and O–H groups in total. The molecule has 1 heteroatoms. The van der Waals surface area contributed by atoms with E-state index in [1.165, 1.54) is 17.0 Å². The van der Waals surface area contributed by atoms with Crippen molar-refractivity contribution in [3.8, 4) is 0 Å². The fourth-order valence-electron chi connectivity index (χ4n) is 1.84. The Kier molecular flexibility index (Phi) is 4.72. The van der Waals surface area contributed by atoms with Crippen molar-refractivity contribution in [2.45, 2.75) is 40.5 Å². The van der Waals surface area contributed by atoms with Crippen LogP contribution in [0, 0.1) is 11.8 Å². The van der Waals surface area contributed by atoms with Crippen LogP contribution in [0.15, 0.2) is 18.7 Å². The Morgan fingerprint density at radius 1 is 1.06 bits per heavy atom. The SMILES string of the molecule is C=Cc1cc(CC(C)C)nc(CC(C)C)c1. The zero-order valence-electron chi connectivity index (χ0n) is 11.0. The van der Waals surface area contributed by atoms with Crippen LogP contribution in [-0.4, -0.2) is 4.98 Å². The van der Waals surface area contributed by atoms with Crippen LogP contribution in [0.4, 0.5) is 0 Å². The number of aromatic nitrogens is 1. The maximum Gasteiger partial charge on any atom is 0.0415 e. The van der Waals surface area contributed by atoms with Crippen LogP contribution >= 0.6 is 0 Å². The van der Waals surface area contributed by atoms with E-state index in [1.54, 1.807) is 0 Å². The first-order chi connectivity index (χ1) is 7.51. The topological polar surface area (TPSA) is 12.9 Å². The highest BCUT2D eigenvalue weighted by Gasteiger charge is 2.05. The molecule has 0 aromatic carbocycles. The van der Waals surface area contributed by atoms with Crippen molar-refractivity contribution in [3.63, 3.8) is 0 Å². The van der Waals surface area contributed by atoms with Crippen molar-refractivity contribution in [1.82, 2.24) is 4.98 Å². The maximum absolute atomic E-state index is 4.71. The first kappa shape index (κ1) is 13.0. The lowest BCUT2D eigenvalue weighted by molar-refractivity contribution is 0.613. The molecule has 88 valence electrons. The Labute approximate surface area is 99.6 Å². The third-order valence-corrected chi connectivity index (χ3v) is 2.42. The molecule has 0 fully saturated rings. The zero-order valence-corrected chi connectivity index (χ0v) is 11.0. The second-order valence-corrected chi connectivity index (χ2v) is 5.28. The van der Waals surface area contributed by atoms with Crippen LogP contribution in [-0.2, 0) is 12.8 Å². The molecule has 0 aliphatic carbocycles. The number of rotatable bonds is 5. The molecular formula is C15H23N. The molecule has 1 rings (SSSR count). The van der Waals surface area contributed by atoms with Gasteiger partial charge in [0.2, 0.25) is 0 Å². The van der Waals surface area contributed by atoms with Crippen molar-refractivity contribution in [3.05, 3.63) is 35.7 Å². The Morgan fingerprint density at radius 2 is 1.50 bits per heavy atom. The summed E-state index contributed by atoms with van der Waals surface area (Å²) >= 11 is 0. The Hall–Kier alpha value is -1.11. The van der Waals surface area contributed by atoms with E-state index in [-0.39, 0.29) is 0 Å². The molecule has 0 atom stereocenters. The Balaban J connectivity index is 2.95. The number of hydrogen-bond acceptors (Lipinski definition) is 1. The van der Waals surface area contributed by atoms with E-state index in [2.05, 4.69) is 46.4 Å². The summed E-state index contributed by atoms with van der Waals surface area (Å²) in [7, 11) is 0. The van der Waals surface area contributed by atoms with Crippen molar-refractivity contribution in [2.75, 3.05) is 0 Å². The van der Waals surface area contributed by atoms with E-state index in [9.17, 15) is 0 Å². The summed E-state index contributed by atoms with van der Waals surface area (Å²) in [5, 5.41) is 0. The zero-order chi connectivity index (χ0) is 12.1. The van der Waals surface area contributed by atoms with E-state index in [4.69, 9.17) is 4.98 Å². The number of nitrogens with zero attached hydrogens (tertiary/aromatic N) is 1. The monoisotopic (exact) mass is 217 g/mol. The minimum absolute atomic E-state index is 0.652. The van der Waals surface area contributed by atoms with Crippen LogP contribution < -0.4 is 0 Å². The first-order valence-electron chi connectivity index (χ1n) is 6.13. The summed E-state index contributed by atoms with van der Waals surface area (Å²) in [5.74, 6) is 1.30. The average Bonchev–Trinajstić information content (AvgIpc) is 2.14. The molecule has 0 aliphatic heterocycles. The van der Waals surface area contributed by atoms with Gasteiger partial charge in [-0.15, -0.1) is 0 Å². The van der Waals surface area contributed by atoms with Gasteiger partial charge in [0.15, 0.2) is 0 Å². The summed E-state index contributed by atoms with van der Waals surface area (Å²) < 4.78 is 0. The quantitative estimate of drug-likeness (QED) is 0.723. The largest absolute Gasteiger partial charge is 0.258 e. The number of pyridine rings is 1. The smallest absolute Gasteiger partial charge is 0.0415 e. The van der Waals surface area contributed by atoms with Gasteiger partial charge in [-0.3, -0.25) is 4.98 Å². The van der Waals surface area contributed by atoms with Gasteiger partial charge in [0.1, 0.15) is 0 Å². The molecule has 0 aliphatic rings. The van der Waals surface area contributed by atoms with Crippen molar-refractivity contribution in [1.29, 1.82) is 0 Å². The molecule has 1 nitrogen and oxygen atoms in total. The van der Waals surface area contributed by atoms with E-state index in [1.807, 2.05) is 6.08 Å². The average molecular weight is 217 g/mol. The predicted molar refractivity (Wildman–Crippen MR) is 71.4 cm³/mol. The summed E-state index contributed by atoms with van der Waals surface area (Å²) in [6, 6.07) is 4.30. The molecule has 1 heterocycles. The van der Waals surface area contributed by atoms with Gasteiger partial charge in [0.05, 0.1) is 0 Å². The van der Waals surface area contributed by atoms with Crippen LogP contribution in [0.25, 0.3) is 6.08 Å². The molecular weight excluding hydrogens is 194 g/mol. The molecule has 0 saturated heterocycles. The molecule has 0 bridgehead atoms. The minimum Gasteiger partial charge on any atom is -0.258 e. The fraction of sp³-hybridized carbons (Fsp3) is 0.533. The van der Waals surface area contributed by atoms with Crippen LogP contribution in [0.3, 0.4) is 0 Å². The highest BCUT2D eigenvalue weighted by Crippen LogP contribution is 2.14. The summed E-state index contributed by atoms with van der Waals surface area (Å²) in [4.78, 5) is 4.71. The molecule has 0 unspecified atom stereocenters. The van der Waals surface area contributed by atoms with E-state index < -0.39 is 0 Å². The van der Waals surface area contributed by atoms with Gasteiger partial charge in [-0.25, -0.2) is 0 Å². The van der Waals surface area contributed by atoms with Gasteiger partial charge in [-0.05, 0) is 42.4 Å². The second-order valence-electron chi connectivity index (χ2n) is 5.28. The standard InChI is InChI=1S/C15H23N/c1-6-13-9-14(7-11(2)3)16-15(10-13)8-12(4)5/h6,9-12H,1,7-8H2,2-5H3. The second kappa shape index (κ2) is 5.83. The van der Waals surface area contributed by atoms with Crippen LogP contribution in [0.1, 0.15) is 44.6 Å². The molecule has 1 aromatic heterocycles. The fourth-order valence-corrected chi connectivity index (χ4v) is 1.84. The van der Waals surface area contributed by atoms with E-state index in [0.29, 0.717) is 11.8 Å². The van der Waals surface area contributed by atoms with Crippen molar-refractivity contribution in [2.24, 2.45) is 11.8 Å². The van der Waals surface area contributed by atoms with Crippen molar-refractivity contribution >= 4 is 6.08 Å². The van der Waals surface area contributed by atoms with Gasteiger partial charge in [0.25, 0.3) is 0 Å². The lowest BCUT2D eigenvalue weighted by atomic mass is 10.0. The Bertz CT molecular complexity index is 322. The lowest BCUT2D eigenvalue weighted by Crippen LogP contribution is -2.03. The molecule has 0 radical (unpaired) electrons. The first-order valence-corrected chi connectivity index (χ1v) is 6.13. The Morgan fingerprint density at radius 3 is 1.81 bits per heavy atom. The molecule has 0 saturated carbocycles. The van der Waals surface area contributed by atoms with E-state index in [0.717, 1.165) is 12.8 Å². The highest BCUT2D eigenvalue weighted by molar-refractivity contribution is 5.47. The number of hydrogen-bond donors (Lipinski definition) is 0. The normalized spacial score (nSPS) is 11.1. The summed E-state index contributed by atoms with van der Waals surface area (Å²) in [6.45, 7) is 12.7. The van der Waals surface area contributed by atoms with Gasteiger partial charge < -0.3 is 0 Å². The molecule has 16 heavy (non-hydrogen) atoms. The van der Waals surface area contributed by atoms with Crippen molar-refractivity contribution < 1.29 is 0 Å². The summed E-state index contributed by atoms with van der Waals surface area (Å²) in [5.41, 5.74) is 3.59. The van der Waals surface area contributed by atoms with Gasteiger partial charge in [-0.1, -0.05) is 40.3 Å². The van der Waals surface area contributed by atoms with Crippen LogP contribution in [0.2, 0.25) is 0 Å².